The van der Waals surface area contributed by atoms with Crippen LogP contribution in [0.5, 0.6) is 0 Å². The van der Waals surface area contributed by atoms with Gasteiger partial charge in [-0.25, -0.2) is 17.7 Å². The Labute approximate surface area is 246 Å². The molecular formula is C28H25Cl2N2O5PS2. The van der Waals surface area contributed by atoms with Crippen LogP contribution in [0.1, 0.15) is 26.7 Å². The van der Waals surface area contributed by atoms with E-state index in [0.717, 1.165) is 14.5 Å². The number of hydrogen-bond donors (Lipinski definition) is 2. The van der Waals surface area contributed by atoms with Crippen LogP contribution in [0.3, 0.4) is 0 Å². The zero-order valence-corrected chi connectivity index (χ0v) is 25.5. The molecule has 0 unspecified atom stereocenters. The van der Waals surface area contributed by atoms with Gasteiger partial charge < -0.3 is 9.79 Å². The van der Waals surface area contributed by atoms with E-state index < -0.39 is 22.9 Å². The molecule has 0 saturated heterocycles. The predicted octanol–water partition coefficient (Wildman–Crippen LogP) is 8.31. The largest absolute Gasteiger partial charge is 0.351 e. The minimum atomic E-state index is -5.12. The minimum absolute atomic E-state index is 0.0742. The lowest BCUT2D eigenvalue weighted by atomic mass is 10.0. The van der Waals surface area contributed by atoms with Crippen molar-refractivity contribution in [3.05, 3.63) is 88.9 Å². The Morgan fingerprint density at radius 3 is 2.17 bits per heavy atom. The van der Waals surface area contributed by atoms with Gasteiger partial charge in [0, 0.05) is 21.0 Å². The molecule has 0 aliphatic heterocycles. The number of aromatic nitrogens is 1. The van der Waals surface area contributed by atoms with Crippen molar-refractivity contribution in [2.75, 3.05) is 4.31 Å². The quantitative estimate of drug-likeness (QED) is 0.166. The molecule has 0 spiro atoms. The minimum Gasteiger partial charge on any atom is -0.323 e. The van der Waals surface area contributed by atoms with Crippen LogP contribution in [0.2, 0.25) is 10.0 Å². The average Bonchev–Trinajstić information content (AvgIpc) is 3.34. The maximum absolute atomic E-state index is 14.7. The van der Waals surface area contributed by atoms with Crippen molar-refractivity contribution in [3.63, 3.8) is 0 Å². The Morgan fingerprint density at radius 2 is 1.55 bits per heavy atom. The van der Waals surface area contributed by atoms with Gasteiger partial charge in [0.05, 0.1) is 20.8 Å². The topological polar surface area (TPSA) is 108 Å². The van der Waals surface area contributed by atoms with Crippen molar-refractivity contribution < 1.29 is 22.8 Å². The van der Waals surface area contributed by atoms with Gasteiger partial charge in [-0.3, -0.25) is 4.57 Å². The van der Waals surface area contributed by atoms with Crippen LogP contribution in [0.25, 0.3) is 31.6 Å². The fourth-order valence-corrected chi connectivity index (χ4v) is 10.4. The van der Waals surface area contributed by atoms with Gasteiger partial charge in [0.15, 0.2) is 5.28 Å². The van der Waals surface area contributed by atoms with Crippen LogP contribution in [0.15, 0.2) is 83.8 Å². The number of nitrogens with zero attached hydrogens (tertiary/aromatic N) is 2. The molecule has 0 fully saturated rings. The SMILES string of the molecule is CCC(CC)(N(c1c(-c2nc3ccccc3s2)ccc2ccccc12)S(=O)(=O)c1cc(Cl)cc(Cl)c1)P(=O)(O)O. The second-order valence-electron chi connectivity index (χ2n) is 9.28. The Morgan fingerprint density at radius 1 is 0.925 bits per heavy atom. The molecule has 5 aromatic rings. The van der Waals surface area contributed by atoms with E-state index in [-0.39, 0.29) is 33.5 Å². The van der Waals surface area contributed by atoms with Gasteiger partial charge in [-0.2, -0.15) is 0 Å². The highest BCUT2D eigenvalue weighted by Crippen LogP contribution is 2.60. The van der Waals surface area contributed by atoms with Gasteiger partial charge in [-0.1, -0.05) is 79.5 Å². The van der Waals surface area contributed by atoms with Gasteiger partial charge in [-0.15, -0.1) is 11.3 Å². The third-order valence-electron chi connectivity index (χ3n) is 7.05. The Kier molecular flexibility index (Phi) is 7.78. The molecule has 40 heavy (non-hydrogen) atoms. The molecule has 0 aliphatic carbocycles. The molecule has 0 atom stereocenters. The summed E-state index contributed by atoms with van der Waals surface area (Å²) in [5.41, 5.74) is 1.28. The van der Waals surface area contributed by atoms with Crippen molar-refractivity contribution >= 4 is 78.8 Å². The second kappa shape index (κ2) is 10.7. The van der Waals surface area contributed by atoms with Crippen molar-refractivity contribution in [2.45, 2.75) is 36.9 Å². The number of halogens is 2. The zero-order valence-electron chi connectivity index (χ0n) is 21.5. The Bertz CT molecular complexity index is 1850. The molecule has 12 heteroatoms. The molecule has 208 valence electrons. The third kappa shape index (κ3) is 4.84. The Balaban J connectivity index is 1.97. The van der Waals surface area contributed by atoms with E-state index in [1.807, 2.05) is 42.5 Å². The molecule has 0 amide bonds. The number of thiazole rings is 1. The van der Waals surface area contributed by atoms with Crippen LogP contribution in [-0.4, -0.2) is 28.5 Å². The fourth-order valence-electron chi connectivity index (χ4n) is 5.04. The van der Waals surface area contributed by atoms with E-state index in [9.17, 15) is 22.8 Å². The number of fused-ring (bicyclic) bond motifs is 2. The summed E-state index contributed by atoms with van der Waals surface area (Å²) >= 11 is 13.8. The highest BCUT2D eigenvalue weighted by molar-refractivity contribution is 7.93. The van der Waals surface area contributed by atoms with Gasteiger partial charge in [0.1, 0.15) is 5.01 Å². The second-order valence-corrected chi connectivity index (χ2v) is 14.9. The first-order valence-corrected chi connectivity index (χ1v) is 17.0. The summed E-state index contributed by atoms with van der Waals surface area (Å²) in [6.45, 7) is 3.14. The van der Waals surface area contributed by atoms with Crippen LogP contribution in [0.4, 0.5) is 5.69 Å². The summed E-state index contributed by atoms with van der Waals surface area (Å²) in [6.07, 6.45) is -0.354. The first-order chi connectivity index (χ1) is 18.9. The van der Waals surface area contributed by atoms with Gasteiger partial charge in [0.2, 0.25) is 0 Å². The lowest BCUT2D eigenvalue weighted by Crippen LogP contribution is -2.51. The molecule has 1 aromatic heterocycles. The lowest BCUT2D eigenvalue weighted by Gasteiger charge is -2.44. The maximum Gasteiger partial charge on any atom is 0.351 e. The number of hydrogen-bond acceptors (Lipinski definition) is 5. The smallest absolute Gasteiger partial charge is 0.323 e. The lowest BCUT2D eigenvalue weighted by molar-refractivity contribution is 0.317. The molecule has 4 aromatic carbocycles. The normalized spacial score (nSPS) is 12.8. The summed E-state index contributed by atoms with van der Waals surface area (Å²) in [5, 5.41) is -0.279. The zero-order chi connectivity index (χ0) is 28.9. The molecule has 5 rings (SSSR count). The molecule has 2 N–H and O–H groups in total. The standard InChI is InChI=1S/C28H25Cl2N2O5PS2/c1-3-28(4-2,38(33,34)35)32(40(36,37)21-16-19(29)15-20(30)17-21)26-22-10-6-5-9-18(22)13-14-23(26)27-31-24-11-7-8-12-25(24)39-27/h5-17H,3-4H2,1-2H3,(H2,33,34,35). The van der Waals surface area contributed by atoms with Gasteiger partial charge >= 0.3 is 7.60 Å². The van der Waals surface area contributed by atoms with E-state index in [4.69, 9.17) is 28.2 Å². The van der Waals surface area contributed by atoms with Crippen LogP contribution in [0, 0.1) is 0 Å². The molecule has 0 aliphatic rings. The van der Waals surface area contributed by atoms with E-state index in [1.54, 1.807) is 32.0 Å². The molecule has 0 bridgehead atoms. The highest BCUT2D eigenvalue weighted by atomic mass is 35.5. The summed E-state index contributed by atoms with van der Waals surface area (Å²) in [5.74, 6) is 0. The molecule has 0 radical (unpaired) electrons. The summed E-state index contributed by atoms with van der Waals surface area (Å²) < 4.78 is 44.6. The summed E-state index contributed by atoms with van der Waals surface area (Å²) in [7, 11) is -9.79. The van der Waals surface area contributed by atoms with Gasteiger partial charge in [-0.05, 0) is 54.6 Å². The number of rotatable bonds is 8. The fraction of sp³-hybridized carbons (Fsp3) is 0.179. The predicted molar refractivity (Wildman–Crippen MR) is 164 cm³/mol. The maximum atomic E-state index is 14.7. The van der Waals surface area contributed by atoms with Crippen LogP contribution in [-0.2, 0) is 14.6 Å². The first kappa shape index (κ1) is 29.0. The number of para-hydroxylation sites is 1. The summed E-state index contributed by atoms with van der Waals surface area (Å²) in [4.78, 5) is 26.2. The van der Waals surface area contributed by atoms with Crippen LogP contribution >= 0.6 is 42.1 Å². The molecule has 1 heterocycles. The average molecular weight is 636 g/mol. The van der Waals surface area contributed by atoms with Crippen molar-refractivity contribution in [2.24, 2.45) is 0 Å². The van der Waals surface area contributed by atoms with Crippen molar-refractivity contribution in [1.82, 2.24) is 4.98 Å². The number of anilines is 1. The molecular weight excluding hydrogens is 610 g/mol. The van der Waals surface area contributed by atoms with E-state index >= 15 is 0 Å². The first-order valence-electron chi connectivity index (χ1n) is 12.4. The Hall–Kier alpha value is -2.49. The molecule has 7 nitrogen and oxygen atoms in total. The number of sulfonamides is 1. The van der Waals surface area contributed by atoms with Crippen molar-refractivity contribution in [3.8, 4) is 10.6 Å². The van der Waals surface area contributed by atoms with E-state index in [2.05, 4.69) is 0 Å². The van der Waals surface area contributed by atoms with Crippen LogP contribution < -0.4 is 4.31 Å². The van der Waals surface area contributed by atoms with Crippen molar-refractivity contribution in [1.29, 1.82) is 0 Å². The van der Waals surface area contributed by atoms with E-state index in [1.165, 1.54) is 29.5 Å². The molecule has 0 saturated carbocycles. The highest BCUT2D eigenvalue weighted by Gasteiger charge is 2.55. The third-order valence-corrected chi connectivity index (χ3v) is 12.5. The van der Waals surface area contributed by atoms with E-state index in [0.29, 0.717) is 21.3 Å². The van der Waals surface area contributed by atoms with Gasteiger partial charge in [0.25, 0.3) is 10.0 Å². The summed E-state index contributed by atoms with van der Waals surface area (Å²) in [6, 6.07) is 22.1. The number of benzene rings is 4. The monoisotopic (exact) mass is 634 g/mol.